The molecule has 19 heavy (non-hydrogen) atoms. The lowest BCUT2D eigenvalue weighted by Gasteiger charge is -2.31. The maximum absolute atomic E-state index is 12.3. The Balaban J connectivity index is 2.17. The van der Waals surface area contributed by atoms with Gasteiger partial charge in [0.25, 0.3) is 5.91 Å². The number of aliphatic carboxylic acids is 1. The number of likely N-dealkylation sites (tertiary alicyclic amines) is 1. The molecule has 1 amide bonds. The van der Waals surface area contributed by atoms with E-state index >= 15 is 0 Å². The first-order valence-corrected chi connectivity index (χ1v) is 7.13. The van der Waals surface area contributed by atoms with Gasteiger partial charge in [0.1, 0.15) is 0 Å². The summed E-state index contributed by atoms with van der Waals surface area (Å²) in [6.07, 6.45) is 1.32. The van der Waals surface area contributed by atoms with Crippen LogP contribution in [-0.2, 0) is 4.79 Å². The summed E-state index contributed by atoms with van der Waals surface area (Å²) in [6, 6.07) is 5.06. The number of benzene rings is 1. The highest BCUT2D eigenvalue weighted by Gasteiger charge is 2.29. The number of hydrogen-bond acceptors (Lipinski definition) is 2. The molecular weight excluding hydrogens is 334 g/mol. The lowest BCUT2D eigenvalue weighted by atomic mass is 9.97. The molecular formula is C13H13BrClNO3. The van der Waals surface area contributed by atoms with Gasteiger partial charge in [0.15, 0.2) is 0 Å². The lowest BCUT2D eigenvalue weighted by Crippen LogP contribution is -2.42. The van der Waals surface area contributed by atoms with Crippen LogP contribution < -0.4 is 0 Å². The first-order chi connectivity index (χ1) is 8.99. The van der Waals surface area contributed by atoms with Gasteiger partial charge in [-0.05, 0) is 31.0 Å². The SMILES string of the molecule is O=C(O)C1CCCN(C(=O)c2ccc(Br)cc2Cl)C1. The maximum Gasteiger partial charge on any atom is 0.308 e. The summed E-state index contributed by atoms with van der Waals surface area (Å²) in [5, 5.41) is 9.40. The standard InChI is InChI=1S/C13H13BrClNO3/c14-9-3-4-10(11(15)6-9)12(17)16-5-1-2-8(7-16)13(18)19/h3-4,6,8H,1-2,5,7H2,(H,18,19). The predicted octanol–water partition coefficient (Wildman–Crippen LogP) is 3.04. The van der Waals surface area contributed by atoms with E-state index in [-0.39, 0.29) is 12.5 Å². The molecule has 0 aliphatic carbocycles. The van der Waals surface area contributed by atoms with E-state index < -0.39 is 11.9 Å². The van der Waals surface area contributed by atoms with Crippen LogP contribution in [0.2, 0.25) is 5.02 Å². The zero-order chi connectivity index (χ0) is 14.0. The number of halogens is 2. The largest absolute Gasteiger partial charge is 0.481 e. The summed E-state index contributed by atoms with van der Waals surface area (Å²) in [7, 11) is 0. The molecule has 0 radical (unpaired) electrons. The van der Waals surface area contributed by atoms with Gasteiger partial charge in [0.05, 0.1) is 16.5 Å². The average molecular weight is 347 g/mol. The minimum Gasteiger partial charge on any atom is -0.481 e. The van der Waals surface area contributed by atoms with Crippen LogP contribution in [0.4, 0.5) is 0 Å². The fourth-order valence-corrected chi connectivity index (χ4v) is 2.95. The summed E-state index contributed by atoms with van der Waals surface area (Å²) in [5.41, 5.74) is 0.413. The van der Waals surface area contributed by atoms with Crippen LogP contribution in [0.3, 0.4) is 0 Å². The Hall–Kier alpha value is -1.07. The topological polar surface area (TPSA) is 57.6 Å². The number of carboxylic acids is 1. The molecule has 1 aliphatic heterocycles. The molecule has 102 valence electrons. The highest BCUT2D eigenvalue weighted by molar-refractivity contribution is 9.10. The summed E-state index contributed by atoms with van der Waals surface area (Å²) < 4.78 is 0.802. The first-order valence-electron chi connectivity index (χ1n) is 5.96. The van der Waals surface area contributed by atoms with Gasteiger partial charge in [0, 0.05) is 17.6 Å². The quantitative estimate of drug-likeness (QED) is 0.895. The van der Waals surface area contributed by atoms with Crippen molar-refractivity contribution in [1.29, 1.82) is 0 Å². The molecule has 1 unspecified atom stereocenters. The maximum atomic E-state index is 12.3. The van der Waals surface area contributed by atoms with E-state index in [1.165, 1.54) is 0 Å². The first kappa shape index (κ1) is 14.3. The van der Waals surface area contributed by atoms with E-state index in [0.717, 1.165) is 4.47 Å². The number of amides is 1. The number of hydrogen-bond donors (Lipinski definition) is 1. The minimum atomic E-state index is -0.848. The molecule has 4 nitrogen and oxygen atoms in total. The van der Waals surface area contributed by atoms with Gasteiger partial charge in [-0.25, -0.2) is 0 Å². The monoisotopic (exact) mass is 345 g/mol. The van der Waals surface area contributed by atoms with Gasteiger partial charge in [0.2, 0.25) is 0 Å². The van der Waals surface area contributed by atoms with Crippen molar-refractivity contribution in [2.75, 3.05) is 13.1 Å². The lowest BCUT2D eigenvalue weighted by molar-refractivity contribution is -0.143. The van der Waals surface area contributed by atoms with Crippen molar-refractivity contribution in [3.05, 3.63) is 33.3 Å². The number of carbonyl (C=O) groups is 2. The van der Waals surface area contributed by atoms with E-state index in [9.17, 15) is 9.59 Å². The number of rotatable bonds is 2. The van der Waals surface area contributed by atoms with E-state index in [4.69, 9.17) is 16.7 Å². The van der Waals surface area contributed by atoms with E-state index in [1.54, 1.807) is 23.1 Å². The van der Waals surface area contributed by atoms with Crippen LogP contribution in [0.15, 0.2) is 22.7 Å². The minimum absolute atomic E-state index is 0.205. The third-order valence-electron chi connectivity index (χ3n) is 3.22. The molecule has 0 bridgehead atoms. The number of nitrogens with zero attached hydrogens (tertiary/aromatic N) is 1. The smallest absolute Gasteiger partial charge is 0.308 e. The fraction of sp³-hybridized carbons (Fsp3) is 0.385. The summed E-state index contributed by atoms with van der Waals surface area (Å²) in [6.45, 7) is 0.829. The van der Waals surface area contributed by atoms with Crippen LogP contribution in [0.25, 0.3) is 0 Å². The molecule has 1 aromatic carbocycles. The van der Waals surface area contributed by atoms with E-state index in [1.807, 2.05) is 0 Å². The van der Waals surface area contributed by atoms with Crippen LogP contribution >= 0.6 is 27.5 Å². The second kappa shape index (κ2) is 5.92. The zero-order valence-electron chi connectivity index (χ0n) is 10.1. The van der Waals surface area contributed by atoms with Crippen molar-refractivity contribution in [3.63, 3.8) is 0 Å². The third-order valence-corrected chi connectivity index (χ3v) is 4.03. The summed E-state index contributed by atoms with van der Waals surface area (Å²) in [4.78, 5) is 24.9. The van der Waals surface area contributed by atoms with Gasteiger partial charge in [-0.15, -0.1) is 0 Å². The highest BCUT2D eigenvalue weighted by atomic mass is 79.9. The Morgan fingerprint density at radius 1 is 1.42 bits per heavy atom. The molecule has 6 heteroatoms. The fourth-order valence-electron chi connectivity index (χ4n) is 2.20. The Morgan fingerprint density at radius 2 is 2.16 bits per heavy atom. The van der Waals surface area contributed by atoms with Crippen LogP contribution in [-0.4, -0.2) is 35.0 Å². The van der Waals surface area contributed by atoms with Gasteiger partial charge < -0.3 is 10.0 Å². The van der Waals surface area contributed by atoms with Gasteiger partial charge in [-0.3, -0.25) is 9.59 Å². The molecule has 1 aromatic rings. The normalized spacial score (nSPS) is 19.3. The zero-order valence-corrected chi connectivity index (χ0v) is 12.4. The highest BCUT2D eigenvalue weighted by Crippen LogP contribution is 2.25. The predicted molar refractivity (Wildman–Crippen MR) is 75.4 cm³/mol. The molecule has 0 aromatic heterocycles. The van der Waals surface area contributed by atoms with Gasteiger partial charge in [-0.1, -0.05) is 27.5 Å². The number of piperidine rings is 1. The van der Waals surface area contributed by atoms with Gasteiger partial charge in [-0.2, -0.15) is 0 Å². The molecule has 1 heterocycles. The number of carboxylic acid groups (broad SMARTS) is 1. The van der Waals surface area contributed by atoms with Crippen molar-refractivity contribution in [3.8, 4) is 0 Å². The Labute approximate surface area is 124 Å². The molecule has 0 saturated carbocycles. The Kier molecular flexibility index (Phi) is 4.47. The molecule has 0 spiro atoms. The molecule has 1 aliphatic rings. The Bertz CT molecular complexity index is 521. The van der Waals surface area contributed by atoms with Crippen molar-refractivity contribution < 1.29 is 14.7 Å². The van der Waals surface area contributed by atoms with Crippen molar-refractivity contribution in [2.24, 2.45) is 5.92 Å². The van der Waals surface area contributed by atoms with Crippen molar-refractivity contribution >= 4 is 39.4 Å². The van der Waals surface area contributed by atoms with Crippen LogP contribution in [0, 0.1) is 5.92 Å². The molecule has 1 fully saturated rings. The average Bonchev–Trinajstić information content (AvgIpc) is 2.38. The Morgan fingerprint density at radius 3 is 2.79 bits per heavy atom. The second-order valence-corrected chi connectivity index (χ2v) is 5.88. The second-order valence-electron chi connectivity index (χ2n) is 4.55. The van der Waals surface area contributed by atoms with E-state index in [2.05, 4.69) is 15.9 Å². The van der Waals surface area contributed by atoms with Crippen LogP contribution in [0.1, 0.15) is 23.2 Å². The number of carbonyl (C=O) groups excluding carboxylic acids is 1. The van der Waals surface area contributed by atoms with Crippen molar-refractivity contribution in [2.45, 2.75) is 12.8 Å². The summed E-state index contributed by atoms with van der Waals surface area (Å²) in [5.74, 6) is -1.53. The van der Waals surface area contributed by atoms with Crippen LogP contribution in [0.5, 0.6) is 0 Å². The molecule has 1 atom stereocenters. The van der Waals surface area contributed by atoms with Gasteiger partial charge >= 0.3 is 5.97 Å². The third kappa shape index (κ3) is 3.28. The molecule has 1 N–H and O–H groups in total. The molecule has 1 saturated heterocycles. The summed E-state index contributed by atoms with van der Waals surface area (Å²) >= 11 is 9.33. The van der Waals surface area contributed by atoms with Crippen molar-refractivity contribution in [1.82, 2.24) is 4.90 Å². The van der Waals surface area contributed by atoms with E-state index in [0.29, 0.717) is 30.0 Å². The molecule has 2 rings (SSSR count).